The van der Waals surface area contributed by atoms with Gasteiger partial charge in [-0.3, -0.25) is 4.79 Å². The van der Waals surface area contributed by atoms with Gasteiger partial charge < -0.3 is 20.2 Å². The summed E-state index contributed by atoms with van der Waals surface area (Å²) in [4.78, 5) is 13.9. The first kappa shape index (κ1) is 11.5. The van der Waals surface area contributed by atoms with E-state index in [1.807, 2.05) is 18.2 Å². The number of H-pyrrole nitrogens is 1. The second-order valence-corrected chi connectivity index (χ2v) is 3.64. The standard InChI is InChI=1S/C12H14N2O3/c1-16-4-5-17-9-2-3-10-8(6-9)7-11(14-10)12(13)15/h2-3,6-7,14H,4-5H2,1H3,(H2,13,15). The fourth-order valence-corrected chi connectivity index (χ4v) is 1.58. The number of hydrogen-bond acceptors (Lipinski definition) is 3. The molecule has 1 aromatic heterocycles. The zero-order chi connectivity index (χ0) is 12.3. The summed E-state index contributed by atoms with van der Waals surface area (Å²) >= 11 is 0. The molecule has 2 aromatic rings. The molecule has 0 aliphatic carbocycles. The number of benzene rings is 1. The number of rotatable bonds is 5. The average Bonchev–Trinajstić information content (AvgIpc) is 2.72. The molecule has 0 atom stereocenters. The lowest BCUT2D eigenvalue weighted by molar-refractivity contribution is 0.0996. The summed E-state index contributed by atoms with van der Waals surface area (Å²) in [5, 5.41) is 0.897. The van der Waals surface area contributed by atoms with Gasteiger partial charge in [-0.25, -0.2) is 0 Å². The number of carbonyl (C=O) groups is 1. The third kappa shape index (κ3) is 2.57. The maximum absolute atomic E-state index is 11.0. The summed E-state index contributed by atoms with van der Waals surface area (Å²) in [5.41, 5.74) is 6.45. The van der Waals surface area contributed by atoms with Crippen LogP contribution in [0.25, 0.3) is 10.9 Å². The minimum absolute atomic E-state index is 0.397. The predicted molar refractivity (Wildman–Crippen MR) is 64.2 cm³/mol. The van der Waals surface area contributed by atoms with Gasteiger partial charge in [0, 0.05) is 18.0 Å². The van der Waals surface area contributed by atoms with Gasteiger partial charge >= 0.3 is 0 Å². The molecule has 0 radical (unpaired) electrons. The van der Waals surface area contributed by atoms with Crippen LogP contribution < -0.4 is 10.5 Å². The van der Waals surface area contributed by atoms with Crippen molar-refractivity contribution in [2.24, 2.45) is 5.73 Å². The molecule has 0 aliphatic heterocycles. The lowest BCUT2D eigenvalue weighted by Gasteiger charge is -2.04. The Morgan fingerprint density at radius 3 is 2.88 bits per heavy atom. The molecule has 1 heterocycles. The topological polar surface area (TPSA) is 77.3 Å². The van der Waals surface area contributed by atoms with Gasteiger partial charge in [0.1, 0.15) is 18.1 Å². The van der Waals surface area contributed by atoms with Crippen LogP contribution in [0, 0.1) is 0 Å². The van der Waals surface area contributed by atoms with Crippen molar-refractivity contribution in [1.82, 2.24) is 4.98 Å². The highest BCUT2D eigenvalue weighted by atomic mass is 16.5. The van der Waals surface area contributed by atoms with Crippen LogP contribution in [0.2, 0.25) is 0 Å². The monoisotopic (exact) mass is 234 g/mol. The first-order chi connectivity index (χ1) is 8.20. The molecule has 1 aromatic carbocycles. The van der Waals surface area contributed by atoms with E-state index in [4.69, 9.17) is 15.2 Å². The SMILES string of the molecule is COCCOc1ccc2[nH]c(C(N)=O)cc2c1. The number of fused-ring (bicyclic) bond motifs is 1. The fourth-order valence-electron chi connectivity index (χ4n) is 1.58. The Balaban J connectivity index is 2.21. The van der Waals surface area contributed by atoms with Crippen LogP contribution >= 0.6 is 0 Å². The van der Waals surface area contributed by atoms with E-state index in [1.165, 1.54) is 0 Å². The van der Waals surface area contributed by atoms with Gasteiger partial charge in [0.25, 0.3) is 5.91 Å². The molecule has 17 heavy (non-hydrogen) atoms. The molecule has 90 valence electrons. The summed E-state index contributed by atoms with van der Waals surface area (Å²) in [6, 6.07) is 7.25. The van der Waals surface area contributed by atoms with E-state index < -0.39 is 5.91 Å². The van der Waals surface area contributed by atoms with E-state index in [0.29, 0.717) is 18.9 Å². The van der Waals surface area contributed by atoms with Crippen LogP contribution in [-0.4, -0.2) is 31.2 Å². The van der Waals surface area contributed by atoms with Gasteiger partial charge in [0.2, 0.25) is 0 Å². The number of nitrogens with two attached hydrogens (primary N) is 1. The summed E-state index contributed by atoms with van der Waals surface area (Å²) in [6.45, 7) is 1.03. The molecule has 0 aliphatic rings. The Bertz CT molecular complexity index is 534. The third-order valence-electron chi connectivity index (χ3n) is 2.41. The van der Waals surface area contributed by atoms with Crippen molar-refractivity contribution in [1.29, 1.82) is 0 Å². The Kier molecular flexibility index (Phi) is 3.30. The van der Waals surface area contributed by atoms with Crippen molar-refractivity contribution < 1.29 is 14.3 Å². The fraction of sp³-hybridized carbons (Fsp3) is 0.250. The average molecular weight is 234 g/mol. The minimum atomic E-state index is -0.469. The molecule has 0 saturated carbocycles. The molecular formula is C12H14N2O3. The van der Waals surface area contributed by atoms with Gasteiger partial charge in [-0.1, -0.05) is 0 Å². The lowest BCUT2D eigenvalue weighted by atomic mass is 10.2. The number of hydrogen-bond donors (Lipinski definition) is 2. The van der Waals surface area contributed by atoms with Gasteiger partial charge in [0.15, 0.2) is 0 Å². The van der Waals surface area contributed by atoms with Crippen molar-refractivity contribution >= 4 is 16.8 Å². The Morgan fingerprint density at radius 2 is 2.18 bits per heavy atom. The molecule has 0 saturated heterocycles. The molecule has 5 nitrogen and oxygen atoms in total. The second-order valence-electron chi connectivity index (χ2n) is 3.64. The van der Waals surface area contributed by atoms with Crippen LogP contribution in [-0.2, 0) is 4.74 Å². The predicted octanol–water partition coefficient (Wildman–Crippen LogP) is 1.29. The molecule has 0 spiro atoms. The first-order valence-electron chi connectivity index (χ1n) is 5.25. The highest BCUT2D eigenvalue weighted by Gasteiger charge is 2.06. The molecular weight excluding hydrogens is 220 g/mol. The van der Waals surface area contributed by atoms with E-state index in [0.717, 1.165) is 16.7 Å². The Morgan fingerprint density at radius 1 is 1.35 bits per heavy atom. The van der Waals surface area contributed by atoms with Crippen LogP contribution in [0.1, 0.15) is 10.5 Å². The number of amides is 1. The zero-order valence-corrected chi connectivity index (χ0v) is 9.53. The first-order valence-corrected chi connectivity index (χ1v) is 5.25. The number of primary amides is 1. The van der Waals surface area contributed by atoms with Gasteiger partial charge in [-0.15, -0.1) is 0 Å². The van der Waals surface area contributed by atoms with Crippen molar-refractivity contribution in [3.05, 3.63) is 30.0 Å². The highest BCUT2D eigenvalue weighted by molar-refractivity contribution is 5.97. The highest BCUT2D eigenvalue weighted by Crippen LogP contribution is 2.21. The lowest BCUT2D eigenvalue weighted by Crippen LogP contribution is -2.10. The van der Waals surface area contributed by atoms with Crippen molar-refractivity contribution in [2.45, 2.75) is 0 Å². The maximum Gasteiger partial charge on any atom is 0.265 e. The molecule has 0 unspecified atom stereocenters. The number of carbonyl (C=O) groups excluding carboxylic acids is 1. The van der Waals surface area contributed by atoms with Gasteiger partial charge in [0.05, 0.1) is 6.61 Å². The molecule has 0 fully saturated rings. The molecule has 1 amide bonds. The van der Waals surface area contributed by atoms with Crippen LogP contribution in [0.4, 0.5) is 0 Å². The third-order valence-corrected chi connectivity index (χ3v) is 2.41. The summed E-state index contributed by atoms with van der Waals surface area (Å²) in [5.74, 6) is 0.271. The van der Waals surface area contributed by atoms with Crippen molar-refractivity contribution in [2.75, 3.05) is 20.3 Å². The van der Waals surface area contributed by atoms with E-state index in [-0.39, 0.29) is 0 Å². The van der Waals surface area contributed by atoms with Crippen LogP contribution in [0.5, 0.6) is 5.75 Å². The largest absolute Gasteiger partial charge is 0.491 e. The van der Waals surface area contributed by atoms with E-state index >= 15 is 0 Å². The zero-order valence-electron chi connectivity index (χ0n) is 9.53. The summed E-state index contributed by atoms with van der Waals surface area (Å²) in [7, 11) is 1.62. The second kappa shape index (κ2) is 4.88. The number of ether oxygens (including phenoxy) is 2. The molecule has 2 rings (SSSR count). The van der Waals surface area contributed by atoms with E-state index in [9.17, 15) is 4.79 Å². The quantitative estimate of drug-likeness (QED) is 0.765. The van der Waals surface area contributed by atoms with Crippen molar-refractivity contribution in [3.63, 3.8) is 0 Å². The minimum Gasteiger partial charge on any atom is -0.491 e. The Hall–Kier alpha value is -2.01. The maximum atomic E-state index is 11.0. The molecule has 5 heteroatoms. The van der Waals surface area contributed by atoms with Gasteiger partial charge in [-0.2, -0.15) is 0 Å². The van der Waals surface area contributed by atoms with E-state index in [2.05, 4.69) is 4.98 Å². The number of nitrogens with one attached hydrogen (secondary N) is 1. The van der Waals surface area contributed by atoms with Gasteiger partial charge in [-0.05, 0) is 24.3 Å². The number of aromatic amines is 1. The molecule has 3 N–H and O–H groups in total. The summed E-state index contributed by atoms with van der Waals surface area (Å²) in [6.07, 6.45) is 0. The molecule has 0 bridgehead atoms. The number of aromatic nitrogens is 1. The smallest absolute Gasteiger partial charge is 0.265 e. The van der Waals surface area contributed by atoms with Crippen LogP contribution in [0.3, 0.4) is 0 Å². The van der Waals surface area contributed by atoms with Crippen LogP contribution in [0.15, 0.2) is 24.3 Å². The normalized spacial score (nSPS) is 10.6. The summed E-state index contributed by atoms with van der Waals surface area (Å²) < 4.78 is 10.4. The van der Waals surface area contributed by atoms with E-state index in [1.54, 1.807) is 13.2 Å². The number of methoxy groups -OCH3 is 1. The van der Waals surface area contributed by atoms with Crippen molar-refractivity contribution in [3.8, 4) is 5.75 Å². The Labute approximate surface area is 98.5 Å².